The molecule has 0 atom stereocenters. The van der Waals surface area contributed by atoms with Gasteiger partial charge in [0.25, 0.3) is 0 Å². The summed E-state index contributed by atoms with van der Waals surface area (Å²) >= 11 is 15.5. The fraction of sp³-hybridized carbons (Fsp3) is 0.250. The molecule has 0 fully saturated rings. The first kappa shape index (κ1) is 10.2. The second kappa shape index (κ2) is 4.97. The van der Waals surface area contributed by atoms with E-state index in [0.29, 0.717) is 10.0 Å². The number of hydrogen-bond acceptors (Lipinski definition) is 2. The molecule has 0 saturated carbocycles. The molecule has 0 spiro atoms. The van der Waals surface area contributed by atoms with Crippen molar-refractivity contribution in [1.82, 2.24) is 4.72 Å². The molecule has 1 N–H and O–H groups in total. The Morgan fingerprint density at radius 3 is 2.25 bits per heavy atom. The van der Waals surface area contributed by atoms with Crippen molar-refractivity contribution >= 4 is 36.0 Å². The fourth-order valence-electron chi connectivity index (χ4n) is 0.956. The predicted octanol–water partition coefficient (Wildman–Crippen LogP) is 2.97. The number of rotatable bonds is 3. The molecular formula is C8H9Cl2NS. The van der Waals surface area contributed by atoms with Crippen LogP contribution in [0.3, 0.4) is 0 Å². The lowest BCUT2D eigenvalue weighted by Crippen LogP contribution is -2.04. The Bertz CT molecular complexity index is 245. The average molecular weight is 222 g/mol. The highest BCUT2D eigenvalue weighted by Gasteiger charge is 1.97. The summed E-state index contributed by atoms with van der Waals surface area (Å²) in [6.07, 6.45) is 0.879. The van der Waals surface area contributed by atoms with Gasteiger partial charge in [-0.15, -0.1) is 0 Å². The molecule has 0 aliphatic rings. The molecule has 4 heteroatoms. The molecule has 12 heavy (non-hydrogen) atoms. The van der Waals surface area contributed by atoms with Crippen LogP contribution >= 0.6 is 36.0 Å². The molecular weight excluding hydrogens is 213 g/mol. The van der Waals surface area contributed by atoms with Crippen LogP contribution in [0.1, 0.15) is 5.56 Å². The van der Waals surface area contributed by atoms with Gasteiger partial charge in [-0.1, -0.05) is 36.0 Å². The van der Waals surface area contributed by atoms with Crippen molar-refractivity contribution in [3.63, 3.8) is 0 Å². The molecule has 0 aliphatic heterocycles. The third-order valence-corrected chi connectivity index (χ3v) is 2.11. The van der Waals surface area contributed by atoms with Gasteiger partial charge in [0.2, 0.25) is 0 Å². The maximum atomic E-state index is 5.81. The molecule has 0 saturated heterocycles. The monoisotopic (exact) mass is 221 g/mol. The third kappa shape index (κ3) is 3.23. The van der Waals surface area contributed by atoms with Crippen molar-refractivity contribution in [1.29, 1.82) is 0 Å². The lowest BCUT2D eigenvalue weighted by molar-refractivity contribution is 0.914. The van der Waals surface area contributed by atoms with E-state index in [1.807, 2.05) is 12.1 Å². The summed E-state index contributed by atoms with van der Waals surface area (Å²) in [5, 5.41) is 1.35. The Labute approximate surface area is 87.6 Å². The minimum atomic E-state index is 0.677. The van der Waals surface area contributed by atoms with E-state index < -0.39 is 0 Å². The van der Waals surface area contributed by atoms with Gasteiger partial charge in [0.1, 0.15) is 0 Å². The van der Waals surface area contributed by atoms with E-state index in [1.165, 1.54) is 0 Å². The summed E-state index contributed by atoms with van der Waals surface area (Å²) in [5.74, 6) is 0. The van der Waals surface area contributed by atoms with E-state index in [2.05, 4.69) is 17.5 Å². The summed E-state index contributed by atoms with van der Waals surface area (Å²) in [5.41, 5.74) is 1.12. The molecule has 0 aliphatic carbocycles. The Kier molecular flexibility index (Phi) is 4.22. The minimum absolute atomic E-state index is 0.677. The molecule has 66 valence electrons. The van der Waals surface area contributed by atoms with Crippen LogP contribution in [0.25, 0.3) is 0 Å². The van der Waals surface area contributed by atoms with Gasteiger partial charge in [0.05, 0.1) is 0 Å². The molecule has 0 bridgehead atoms. The Hall–Kier alpha value is 0.110. The van der Waals surface area contributed by atoms with E-state index in [-0.39, 0.29) is 0 Å². The maximum Gasteiger partial charge on any atom is 0.0423 e. The first-order valence-electron chi connectivity index (χ1n) is 3.54. The van der Waals surface area contributed by atoms with Crippen molar-refractivity contribution in [3.8, 4) is 0 Å². The summed E-state index contributed by atoms with van der Waals surface area (Å²) in [7, 11) is 0. The van der Waals surface area contributed by atoms with Crippen molar-refractivity contribution in [2.75, 3.05) is 6.54 Å². The van der Waals surface area contributed by atoms with Gasteiger partial charge in [0.15, 0.2) is 0 Å². The summed E-state index contributed by atoms with van der Waals surface area (Å²) in [6, 6.07) is 5.53. The molecule has 1 aromatic carbocycles. The molecule has 1 nitrogen and oxygen atoms in total. The molecule has 0 heterocycles. The second-order valence-corrected chi connectivity index (χ2v) is 3.62. The molecule has 0 amide bonds. The van der Waals surface area contributed by atoms with Gasteiger partial charge in [0, 0.05) is 16.6 Å². The number of hydrogen-bond donors (Lipinski definition) is 2. The molecule has 1 rings (SSSR count). The number of halogens is 2. The maximum absolute atomic E-state index is 5.81. The van der Waals surface area contributed by atoms with Crippen LogP contribution in [0.15, 0.2) is 18.2 Å². The number of nitrogens with one attached hydrogen (secondary N) is 1. The second-order valence-electron chi connectivity index (χ2n) is 2.44. The van der Waals surface area contributed by atoms with Crippen LogP contribution in [-0.4, -0.2) is 6.54 Å². The van der Waals surface area contributed by atoms with Crippen LogP contribution in [0, 0.1) is 0 Å². The van der Waals surface area contributed by atoms with Gasteiger partial charge in [-0.3, -0.25) is 4.72 Å². The molecule has 0 radical (unpaired) electrons. The zero-order chi connectivity index (χ0) is 8.97. The Balaban J connectivity index is 2.72. The van der Waals surface area contributed by atoms with Crippen molar-refractivity contribution < 1.29 is 0 Å². The van der Waals surface area contributed by atoms with Gasteiger partial charge >= 0.3 is 0 Å². The summed E-state index contributed by atoms with van der Waals surface area (Å²) < 4.78 is 2.76. The number of benzene rings is 1. The lowest BCUT2D eigenvalue weighted by Gasteiger charge is -2.01. The average Bonchev–Trinajstić information content (AvgIpc) is 1.99. The van der Waals surface area contributed by atoms with E-state index in [0.717, 1.165) is 18.5 Å². The molecule has 1 aromatic rings. The van der Waals surface area contributed by atoms with Crippen molar-refractivity contribution in [2.45, 2.75) is 6.42 Å². The zero-order valence-corrected chi connectivity index (χ0v) is 8.76. The highest BCUT2D eigenvalue weighted by Crippen LogP contribution is 2.19. The normalized spacial score (nSPS) is 10.2. The third-order valence-electron chi connectivity index (χ3n) is 1.45. The quantitative estimate of drug-likeness (QED) is 0.749. The lowest BCUT2D eigenvalue weighted by atomic mass is 10.1. The first-order valence-corrected chi connectivity index (χ1v) is 4.74. The largest absolute Gasteiger partial charge is 0.266 e. The Morgan fingerprint density at radius 1 is 1.17 bits per heavy atom. The van der Waals surface area contributed by atoms with Gasteiger partial charge in [-0.25, -0.2) is 0 Å². The van der Waals surface area contributed by atoms with Crippen LogP contribution in [0.2, 0.25) is 10.0 Å². The van der Waals surface area contributed by atoms with E-state index >= 15 is 0 Å². The zero-order valence-electron chi connectivity index (χ0n) is 6.35. The van der Waals surface area contributed by atoms with Gasteiger partial charge in [-0.05, 0) is 30.2 Å². The van der Waals surface area contributed by atoms with Crippen LogP contribution in [-0.2, 0) is 6.42 Å². The van der Waals surface area contributed by atoms with Crippen LogP contribution in [0.5, 0.6) is 0 Å². The topological polar surface area (TPSA) is 12.0 Å². The number of thiol groups is 1. The molecule has 0 aromatic heterocycles. The van der Waals surface area contributed by atoms with Gasteiger partial charge in [-0.2, -0.15) is 0 Å². The SMILES string of the molecule is SNCCc1cc(Cl)cc(Cl)c1. The van der Waals surface area contributed by atoms with Crippen LogP contribution in [0.4, 0.5) is 0 Å². The minimum Gasteiger partial charge on any atom is -0.266 e. The van der Waals surface area contributed by atoms with E-state index in [9.17, 15) is 0 Å². The predicted molar refractivity (Wildman–Crippen MR) is 57.2 cm³/mol. The standard InChI is InChI=1S/C8H9Cl2NS/c9-7-3-6(1-2-11-12)4-8(10)5-7/h3-5,11-12H,1-2H2. The summed E-state index contributed by atoms with van der Waals surface area (Å²) in [6.45, 7) is 0.805. The van der Waals surface area contributed by atoms with E-state index in [1.54, 1.807) is 6.07 Å². The van der Waals surface area contributed by atoms with Gasteiger partial charge < -0.3 is 0 Å². The first-order chi connectivity index (χ1) is 5.72. The summed E-state index contributed by atoms with van der Waals surface area (Å²) in [4.78, 5) is 0. The van der Waals surface area contributed by atoms with Crippen molar-refractivity contribution in [3.05, 3.63) is 33.8 Å². The Morgan fingerprint density at radius 2 is 1.75 bits per heavy atom. The fourth-order valence-corrected chi connectivity index (χ4v) is 1.64. The van der Waals surface area contributed by atoms with E-state index in [4.69, 9.17) is 23.2 Å². The highest BCUT2D eigenvalue weighted by atomic mass is 35.5. The van der Waals surface area contributed by atoms with Crippen LogP contribution < -0.4 is 4.72 Å². The molecule has 0 unspecified atom stereocenters. The van der Waals surface area contributed by atoms with Crippen molar-refractivity contribution in [2.24, 2.45) is 0 Å². The highest BCUT2D eigenvalue weighted by molar-refractivity contribution is 7.78. The smallest absolute Gasteiger partial charge is 0.0423 e.